The standard InChI is InChI=1S/C28H35N5O3S/c1-21-8-13-26(23-6-4-3-5-7-23)37(35,36)33(21)18-22-9-11-24(12-10-22)28(27(34)29-2)16-14-25(15-17-28)32-19-30-31-20-32/h3-7,9-12,19-21,25-26H,8,13-18H2,1-2H3,(H,29,34)/t21-,25?,26+,28?/m0/s1. The molecule has 1 N–H and O–H groups in total. The van der Waals surface area contributed by atoms with E-state index in [4.69, 9.17) is 0 Å². The summed E-state index contributed by atoms with van der Waals surface area (Å²) in [5.41, 5.74) is 2.16. The Hall–Kier alpha value is -3.04. The zero-order valence-electron chi connectivity index (χ0n) is 21.5. The number of benzene rings is 2. The molecule has 196 valence electrons. The van der Waals surface area contributed by atoms with Gasteiger partial charge in [0, 0.05) is 25.7 Å². The highest BCUT2D eigenvalue weighted by Gasteiger charge is 2.44. The van der Waals surface area contributed by atoms with Crippen LogP contribution < -0.4 is 5.32 Å². The van der Waals surface area contributed by atoms with Crippen molar-refractivity contribution in [3.05, 3.63) is 83.9 Å². The predicted molar refractivity (Wildman–Crippen MR) is 142 cm³/mol. The average Bonchev–Trinajstić information content (AvgIpc) is 3.46. The SMILES string of the molecule is CNC(=O)C1(c2ccc(CN3[C@@H](C)CC[C@H](c4ccccc4)S3(=O)=O)cc2)CCC(n2cnnc2)CC1. The van der Waals surface area contributed by atoms with Gasteiger partial charge < -0.3 is 9.88 Å². The minimum absolute atomic E-state index is 0.0281. The van der Waals surface area contributed by atoms with Gasteiger partial charge in [0.1, 0.15) is 17.9 Å². The van der Waals surface area contributed by atoms with Crippen LogP contribution in [0.1, 0.15) is 73.4 Å². The monoisotopic (exact) mass is 521 g/mol. The maximum Gasteiger partial charge on any atom is 0.230 e. The van der Waals surface area contributed by atoms with Gasteiger partial charge in [-0.05, 0) is 62.1 Å². The minimum atomic E-state index is -3.50. The summed E-state index contributed by atoms with van der Waals surface area (Å²) in [5.74, 6) is 0.0281. The summed E-state index contributed by atoms with van der Waals surface area (Å²) in [7, 11) is -1.81. The Labute approximate surface area is 219 Å². The van der Waals surface area contributed by atoms with Gasteiger partial charge in [0.05, 0.1) is 5.41 Å². The molecule has 0 radical (unpaired) electrons. The average molecular weight is 522 g/mol. The zero-order valence-corrected chi connectivity index (χ0v) is 22.3. The first-order valence-corrected chi connectivity index (χ1v) is 14.6. The van der Waals surface area contributed by atoms with Crippen LogP contribution in [-0.2, 0) is 26.8 Å². The second-order valence-electron chi connectivity index (χ2n) is 10.4. The van der Waals surface area contributed by atoms with Gasteiger partial charge in [0.25, 0.3) is 0 Å². The zero-order chi connectivity index (χ0) is 26.0. The number of nitrogens with zero attached hydrogens (tertiary/aromatic N) is 4. The molecule has 1 amide bonds. The molecule has 0 spiro atoms. The summed E-state index contributed by atoms with van der Waals surface area (Å²) in [6.45, 7) is 2.32. The first kappa shape index (κ1) is 25.6. The van der Waals surface area contributed by atoms with E-state index >= 15 is 0 Å². The molecular formula is C28H35N5O3S. The molecule has 1 aliphatic carbocycles. The highest BCUT2D eigenvalue weighted by Crippen LogP contribution is 2.44. The Morgan fingerprint density at radius 1 is 0.973 bits per heavy atom. The molecule has 2 heterocycles. The van der Waals surface area contributed by atoms with E-state index < -0.39 is 20.7 Å². The van der Waals surface area contributed by atoms with Gasteiger partial charge in [-0.15, -0.1) is 10.2 Å². The molecule has 2 fully saturated rings. The molecule has 2 aliphatic rings. The minimum Gasteiger partial charge on any atom is -0.358 e. The molecule has 2 atom stereocenters. The summed E-state index contributed by atoms with van der Waals surface area (Å²) in [5, 5.41) is 10.2. The van der Waals surface area contributed by atoms with E-state index in [0.717, 1.165) is 48.8 Å². The van der Waals surface area contributed by atoms with Gasteiger partial charge in [-0.3, -0.25) is 4.79 Å². The first-order valence-electron chi connectivity index (χ1n) is 13.1. The lowest BCUT2D eigenvalue weighted by atomic mass is 9.67. The summed E-state index contributed by atoms with van der Waals surface area (Å²) in [6, 6.07) is 17.7. The third-order valence-electron chi connectivity index (χ3n) is 8.37. The second-order valence-corrected chi connectivity index (χ2v) is 12.5. The van der Waals surface area contributed by atoms with Gasteiger partial charge in [-0.2, -0.15) is 4.31 Å². The maximum absolute atomic E-state index is 13.6. The van der Waals surface area contributed by atoms with Crippen LogP contribution in [-0.4, -0.2) is 46.5 Å². The van der Waals surface area contributed by atoms with Crippen molar-refractivity contribution >= 4 is 15.9 Å². The third-order valence-corrected chi connectivity index (χ3v) is 10.7. The smallest absolute Gasteiger partial charge is 0.230 e. The normalized spacial score (nSPS) is 28.0. The molecule has 5 rings (SSSR count). The number of aromatic nitrogens is 3. The van der Waals surface area contributed by atoms with Crippen molar-refractivity contribution in [2.75, 3.05) is 7.05 Å². The van der Waals surface area contributed by atoms with Crippen molar-refractivity contribution in [1.82, 2.24) is 24.4 Å². The molecule has 0 bridgehead atoms. The molecule has 2 aromatic carbocycles. The second kappa shape index (κ2) is 10.4. The van der Waals surface area contributed by atoms with E-state index in [1.165, 1.54) is 0 Å². The fourth-order valence-corrected chi connectivity index (χ4v) is 8.34. The van der Waals surface area contributed by atoms with Gasteiger partial charge in [-0.25, -0.2) is 8.42 Å². The number of sulfonamides is 1. The molecule has 1 saturated carbocycles. The molecule has 37 heavy (non-hydrogen) atoms. The van der Waals surface area contributed by atoms with Crippen LogP contribution in [0.4, 0.5) is 0 Å². The Balaban J connectivity index is 1.35. The van der Waals surface area contributed by atoms with Crippen molar-refractivity contribution in [2.24, 2.45) is 0 Å². The maximum atomic E-state index is 13.6. The number of hydrogen-bond acceptors (Lipinski definition) is 5. The van der Waals surface area contributed by atoms with Gasteiger partial charge in [-0.1, -0.05) is 54.6 Å². The molecule has 1 aliphatic heterocycles. The topological polar surface area (TPSA) is 97.2 Å². The molecule has 1 saturated heterocycles. The van der Waals surface area contributed by atoms with Crippen LogP contribution >= 0.6 is 0 Å². The van der Waals surface area contributed by atoms with Crippen molar-refractivity contribution in [2.45, 2.75) is 74.7 Å². The molecule has 8 nitrogen and oxygen atoms in total. The van der Waals surface area contributed by atoms with Crippen LogP contribution in [0.3, 0.4) is 0 Å². The highest BCUT2D eigenvalue weighted by atomic mass is 32.2. The summed E-state index contributed by atoms with van der Waals surface area (Å²) in [4.78, 5) is 13.2. The van der Waals surface area contributed by atoms with Crippen LogP contribution in [0.2, 0.25) is 0 Å². The molecule has 3 aromatic rings. The molecular weight excluding hydrogens is 486 g/mol. The van der Waals surface area contributed by atoms with Crippen molar-refractivity contribution in [1.29, 1.82) is 0 Å². The molecule has 1 aromatic heterocycles. The van der Waals surface area contributed by atoms with E-state index in [1.54, 1.807) is 24.0 Å². The summed E-state index contributed by atoms with van der Waals surface area (Å²) >= 11 is 0. The fourth-order valence-electron chi connectivity index (χ4n) is 6.14. The van der Waals surface area contributed by atoms with E-state index in [0.29, 0.717) is 13.0 Å². The number of carbonyl (C=O) groups is 1. The number of amides is 1. The largest absolute Gasteiger partial charge is 0.358 e. The molecule has 9 heteroatoms. The summed E-state index contributed by atoms with van der Waals surface area (Å²) < 4.78 is 30.9. The van der Waals surface area contributed by atoms with E-state index in [-0.39, 0.29) is 18.0 Å². The number of likely N-dealkylation sites (N-methyl/N-ethyl adjacent to an activating group) is 1. The van der Waals surface area contributed by atoms with Crippen LogP contribution in [0.25, 0.3) is 0 Å². The number of hydrogen-bond donors (Lipinski definition) is 1. The number of rotatable bonds is 6. The number of carbonyl (C=O) groups excluding carboxylic acids is 1. The van der Waals surface area contributed by atoms with E-state index in [9.17, 15) is 13.2 Å². The van der Waals surface area contributed by atoms with E-state index in [2.05, 4.69) is 15.5 Å². The van der Waals surface area contributed by atoms with Crippen molar-refractivity contribution in [3.8, 4) is 0 Å². The Kier molecular flexibility index (Phi) is 7.18. The predicted octanol–water partition coefficient (Wildman–Crippen LogP) is 4.13. The first-order chi connectivity index (χ1) is 17.8. The quantitative estimate of drug-likeness (QED) is 0.526. The third kappa shape index (κ3) is 4.82. The van der Waals surface area contributed by atoms with Crippen LogP contribution in [0.15, 0.2) is 67.3 Å². The Morgan fingerprint density at radius 3 is 2.24 bits per heavy atom. The van der Waals surface area contributed by atoms with Gasteiger partial charge in [0.2, 0.25) is 15.9 Å². The summed E-state index contributed by atoms with van der Waals surface area (Å²) in [6.07, 6.45) is 8.11. The Bertz CT molecular complexity index is 1300. The lowest BCUT2D eigenvalue weighted by Gasteiger charge is -2.39. The van der Waals surface area contributed by atoms with Crippen molar-refractivity contribution in [3.63, 3.8) is 0 Å². The fraction of sp³-hybridized carbons (Fsp3) is 0.464. The molecule has 0 unspecified atom stereocenters. The van der Waals surface area contributed by atoms with Crippen LogP contribution in [0, 0.1) is 0 Å². The number of nitrogens with one attached hydrogen (secondary N) is 1. The van der Waals surface area contributed by atoms with Crippen LogP contribution in [0.5, 0.6) is 0 Å². The highest BCUT2D eigenvalue weighted by molar-refractivity contribution is 7.89. The van der Waals surface area contributed by atoms with Crippen molar-refractivity contribution < 1.29 is 13.2 Å². The van der Waals surface area contributed by atoms with E-state index in [1.807, 2.05) is 66.1 Å². The Morgan fingerprint density at radius 2 is 1.62 bits per heavy atom. The van der Waals surface area contributed by atoms with Gasteiger partial charge >= 0.3 is 0 Å². The lowest BCUT2D eigenvalue weighted by molar-refractivity contribution is -0.127. The lowest BCUT2D eigenvalue weighted by Crippen LogP contribution is -2.46. The van der Waals surface area contributed by atoms with Gasteiger partial charge in [0.15, 0.2) is 0 Å².